The summed E-state index contributed by atoms with van der Waals surface area (Å²) in [6, 6.07) is 2.95. The van der Waals surface area contributed by atoms with Gasteiger partial charge >= 0.3 is 5.97 Å². The van der Waals surface area contributed by atoms with Crippen molar-refractivity contribution in [2.75, 3.05) is 12.4 Å². The second-order valence-electron chi connectivity index (χ2n) is 3.91. The van der Waals surface area contributed by atoms with Crippen LogP contribution in [0.2, 0.25) is 0 Å². The number of carbonyl (C=O) groups is 1. The third-order valence-corrected chi connectivity index (χ3v) is 3.44. The quantitative estimate of drug-likeness (QED) is 0.661. The number of hydrogen-bond acceptors (Lipinski definition) is 4. The zero-order valence-corrected chi connectivity index (χ0v) is 11.5. The number of hydrogen-bond donors (Lipinski definition) is 1. The van der Waals surface area contributed by atoms with Crippen LogP contribution in [0.25, 0.3) is 0 Å². The molecule has 1 aromatic rings. The summed E-state index contributed by atoms with van der Waals surface area (Å²) in [5, 5.41) is 9.59. The molecule has 3 nitrogen and oxygen atoms in total. The largest absolute Gasteiger partial charge is 0.465 e. The number of rotatable bonds is 5. The number of aliphatic hydroxyl groups excluding tert-OH is 1. The molecular weight excluding hydrogens is 255 g/mol. The van der Waals surface area contributed by atoms with Crippen LogP contribution < -0.4 is 0 Å². The minimum Gasteiger partial charge on any atom is -0.465 e. The molecule has 0 fully saturated rings. The summed E-state index contributed by atoms with van der Waals surface area (Å²) in [6.07, 6.45) is -0.773. The van der Waals surface area contributed by atoms with E-state index in [0.29, 0.717) is 22.6 Å². The monoisotopic (exact) mass is 272 g/mol. The van der Waals surface area contributed by atoms with Gasteiger partial charge in [0.25, 0.3) is 0 Å². The van der Waals surface area contributed by atoms with E-state index in [-0.39, 0.29) is 17.5 Å². The molecule has 0 aromatic heterocycles. The van der Waals surface area contributed by atoms with Gasteiger partial charge in [0, 0.05) is 4.90 Å². The van der Waals surface area contributed by atoms with E-state index in [2.05, 4.69) is 0 Å². The lowest BCUT2D eigenvalue weighted by Crippen LogP contribution is -2.07. The fraction of sp³-hybridized carbons (Fsp3) is 0.462. The first kappa shape index (κ1) is 15.0. The van der Waals surface area contributed by atoms with Crippen LogP contribution in [0.15, 0.2) is 17.0 Å². The zero-order chi connectivity index (χ0) is 13.7. The number of benzene rings is 1. The van der Waals surface area contributed by atoms with E-state index in [4.69, 9.17) is 4.74 Å². The first-order valence-electron chi connectivity index (χ1n) is 5.72. The van der Waals surface area contributed by atoms with Crippen LogP contribution in [0.5, 0.6) is 0 Å². The second kappa shape index (κ2) is 6.75. The number of aliphatic hydroxyl groups is 1. The smallest absolute Gasteiger partial charge is 0.316 e. The minimum absolute atomic E-state index is 0.151. The van der Waals surface area contributed by atoms with Crippen molar-refractivity contribution in [2.24, 2.45) is 0 Å². The van der Waals surface area contributed by atoms with Crippen molar-refractivity contribution in [1.29, 1.82) is 0 Å². The Morgan fingerprint density at radius 3 is 2.78 bits per heavy atom. The average Bonchev–Trinajstić information content (AvgIpc) is 2.30. The maximum absolute atomic E-state index is 13.4. The maximum Gasteiger partial charge on any atom is 0.316 e. The van der Waals surface area contributed by atoms with E-state index >= 15 is 0 Å². The molecule has 0 bridgehead atoms. The van der Waals surface area contributed by atoms with E-state index in [0.717, 1.165) is 0 Å². The van der Waals surface area contributed by atoms with Crippen molar-refractivity contribution in [3.05, 3.63) is 29.1 Å². The van der Waals surface area contributed by atoms with Crippen molar-refractivity contribution in [3.63, 3.8) is 0 Å². The SMILES string of the molecule is CCOC(=O)CSc1cc(C)c(F)cc1C(C)O. The van der Waals surface area contributed by atoms with Crippen molar-refractivity contribution in [2.45, 2.75) is 31.8 Å². The number of esters is 1. The van der Waals surface area contributed by atoms with Gasteiger partial charge in [-0.05, 0) is 44.0 Å². The lowest BCUT2D eigenvalue weighted by molar-refractivity contribution is -0.139. The number of ether oxygens (including phenoxy) is 1. The molecule has 1 unspecified atom stereocenters. The normalized spacial score (nSPS) is 12.3. The van der Waals surface area contributed by atoms with Crippen LogP contribution in [0, 0.1) is 12.7 Å². The molecule has 18 heavy (non-hydrogen) atoms. The summed E-state index contributed by atoms with van der Waals surface area (Å²) in [5.41, 5.74) is 0.984. The highest BCUT2D eigenvalue weighted by Gasteiger charge is 2.13. The van der Waals surface area contributed by atoms with Gasteiger partial charge in [-0.1, -0.05) is 0 Å². The first-order valence-corrected chi connectivity index (χ1v) is 6.70. The van der Waals surface area contributed by atoms with Gasteiger partial charge in [0.05, 0.1) is 18.5 Å². The Hall–Kier alpha value is -1.07. The predicted octanol–water partition coefficient (Wildman–Crippen LogP) is 2.84. The van der Waals surface area contributed by atoms with E-state index in [9.17, 15) is 14.3 Å². The molecule has 0 amide bonds. The van der Waals surface area contributed by atoms with E-state index in [1.54, 1.807) is 26.8 Å². The molecule has 0 radical (unpaired) electrons. The zero-order valence-electron chi connectivity index (χ0n) is 10.7. The fourth-order valence-electron chi connectivity index (χ4n) is 1.46. The van der Waals surface area contributed by atoms with Crippen LogP contribution in [0.3, 0.4) is 0 Å². The van der Waals surface area contributed by atoms with Gasteiger partial charge in [-0.15, -0.1) is 11.8 Å². The molecular formula is C13H17FO3S. The first-order chi connectivity index (χ1) is 8.45. The van der Waals surface area contributed by atoms with Gasteiger partial charge in [0.15, 0.2) is 0 Å². The van der Waals surface area contributed by atoms with Crippen LogP contribution >= 0.6 is 11.8 Å². The number of carbonyl (C=O) groups excluding carboxylic acids is 1. The molecule has 100 valence electrons. The van der Waals surface area contributed by atoms with Crippen LogP contribution in [-0.4, -0.2) is 23.4 Å². The molecule has 0 saturated carbocycles. The summed E-state index contributed by atoms with van der Waals surface area (Å²) >= 11 is 1.25. The van der Waals surface area contributed by atoms with Gasteiger partial charge < -0.3 is 9.84 Å². The van der Waals surface area contributed by atoms with Crippen LogP contribution in [0.1, 0.15) is 31.1 Å². The Labute approximate surface area is 110 Å². The third kappa shape index (κ3) is 3.99. The van der Waals surface area contributed by atoms with Gasteiger partial charge in [0.1, 0.15) is 5.82 Å². The second-order valence-corrected chi connectivity index (χ2v) is 4.93. The average molecular weight is 272 g/mol. The van der Waals surface area contributed by atoms with E-state index in [1.807, 2.05) is 0 Å². The van der Waals surface area contributed by atoms with Gasteiger partial charge in [-0.3, -0.25) is 4.79 Å². The Morgan fingerprint density at radius 2 is 2.22 bits per heavy atom. The molecule has 1 N–H and O–H groups in total. The number of halogens is 1. The summed E-state index contributed by atoms with van der Waals surface area (Å²) in [6.45, 7) is 5.30. The third-order valence-electron chi connectivity index (χ3n) is 2.39. The maximum atomic E-state index is 13.4. The molecule has 1 rings (SSSR count). The Kier molecular flexibility index (Phi) is 5.62. The predicted molar refractivity (Wildman–Crippen MR) is 69.1 cm³/mol. The summed E-state index contributed by atoms with van der Waals surface area (Å²) in [5.74, 6) is -0.522. The van der Waals surface area contributed by atoms with Crippen molar-refractivity contribution >= 4 is 17.7 Å². The molecule has 0 spiro atoms. The molecule has 1 atom stereocenters. The standard InChI is InChI=1S/C13H17FO3S/c1-4-17-13(16)7-18-12-5-8(2)11(14)6-10(12)9(3)15/h5-6,9,15H,4,7H2,1-3H3. The molecule has 0 heterocycles. The van der Waals surface area contributed by atoms with Crippen molar-refractivity contribution in [3.8, 4) is 0 Å². The Bertz CT molecular complexity index is 432. The van der Waals surface area contributed by atoms with Gasteiger partial charge in [-0.25, -0.2) is 4.39 Å². The van der Waals surface area contributed by atoms with Crippen LogP contribution in [0.4, 0.5) is 4.39 Å². The van der Waals surface area contributed by atoms with Crippen LogP contribution in [-0.2, 0) is 9.53 Å². The fourth-order valence-corrected chi connectivity index (χ4v) is 2.47. The molecule has 0 aliphatic rings. The highest BCUT2D eigenvalue weighted by Crippen LogP contribution is 2.30. The highest BCUT2D eigenvalue weighted by atomic mass is 32.2. The number of aryl methyl sites for hydroxylation is 1. The summed E-state index contributed by atoms with van der Waals surface area (Å²) in [4.78, 5) is 12.0. The summed E-state index contributed by atoms with van der Waals surface area (Å²) in [7, 11) is 0. The van der Waals surface area contributed by atoms with Gasteiger partial charge in [0.2, 0.25) is 0 Å². The number of thioether (sulfide) groups is 1. The lowest BCUT2D eigenvalue weighted by atomic mass is 10.1. The molecule has 0 saturated heterocycles. The lowest BCUT2D eigenvalue weighted by Gasteiger charge is -2.13. The van der Waals surface area contributed by atoms with E-state index in [1.165, 1.54) is 17.8 Å². The molecule has 5 heteroatoms. The Morgan fingerprint density at radius 1 is 1.56 bits per heavy atom. The van der Waals surface area contributed by atoms with Crippen molar-refractivity contribution in [1.82, 2.24) is 0 Å². The molecule has 1 aromatic carbocycles. The highest BCUT2D eigenvalue weighted by molar-refractivity contribution is 8.00. The Balaban J connectivity index is 2.86. The summed E-state index contributed by atoms with van der Waals surface area (Å²) < 4.78 is 18.2. The minimum atomic E-state index is -0.773. The van der Waals surface area contributed by atoms with Gasteiger partial charge in [-0.2, -0.15) is 0 Å². The molecule has 0 aliphatic heterocycles. The molecule has 0 aliphatic carbocycles. The van der Waals surface area contributed by atoms with E-state index < -0.39 is 6.10 Å². The van der Waals surface area contributed by atoms with Crippen molar-refractivity contribution < 1.29 is 19.0 Å². The topological polar surface area (TPSA) is 46.5 Å².